The number of fused-ring (bicyclic) bond motifs is 1. The highest BCUT2D eigenvalue weighted by atomic mass is 16.2. The average Bonchev–Trinajstić information content (AvgIpc) is 3.41. The number of hydrogen-bond acceptors (Lipinski definition) is 4. The van der Waals surface area contributed by atoms with Crippen LogP contribution in [0, 0.1) is 0 Å². The number of aromatic nitrogens is 4. The van der Waals surface area contributed by atoms with E-state index in [-0.39, 0.29) is 18.4 Å². The van der Waals surface area contributed by atoms with Gasteiger partial charge in [-0.1, -0.05) is 30.3 Å². The fourth-order valence-corrected chi connectivity index (χ4v) is 2.94. The average molecular weight is 374 g/mol. The summed E-state index contributed by atoms with van der Waals surface area (Å²) in [5, 5.41) is 17.4. The van der Waals surface area contributed by atoms with E-state index in [1.807, 2.05) is 36.4 Å². The second kappa shape index (κ2) is 7.75. The highest BCUT2D eigenvalue weighted by Gasteiger charge is 2.14. The zero-order valence-electron chi connectivity index (χ0n) is 14.9. The van der Waals surface area contributed by atoms with Gasteiger partial charge in [0.15, 0.2) is 5.69 Å². The molecule has 2 aromatic heterocycles. The second-order valence-electron chi connectivity index (χ2n) is 6.10. The number of aromatic amines is 1. The SMILES string of the molecule is O=C(NCCNC(=O)c1n[nH]c2ccccc12)c1ccccc1-n1cccn1. The number of nitrogens with one attached hydrogen (secondary N) is 3. The quantitative estimate of drug-likeness (QED) is 0.448. The van der Waals surface area contributed by atoms with E-state index in [2.05, 4.69) is 25.9 Å². The summed E-state index contributed by atoms with van der Waals surface area (Å²) in [4.78, 5) is 24.9. The summed E-state index contributed by atoms with van der Waals surface area (Å²) in [5.74, 6) is -0.519. The Morgan fingerprint density at radius 3 is 2.50 bits per heavy atom. The molecule has 4 aromatic rings. The highest BCUT2D eigenvalue weighted by Crippen LogP contribution is 2.15. The third-order valence-electron chi connectivity index (χ3n) is 4.28. The van der Waals surface area contributed by atoms with Gasteiger partial charge in [-0.05, 0) is 24.3 Å². The molecule has 0 unspecified atom stereocenters. The van der Waals surface area contributed by atoms with Crippen molar-refractivity contribution in [3.8, 4) is 5.69 Å². The Labute approximate surface area is 160 Å². The maximum atomic E-state index is 12.5. The van der Waals surface area contributed by atoms with Crippen molar-refractivity contribution in [1.29, 1.82) is 0 Å². The lowest BCUT2D eigenvalue weighted by Crippen LogP contribution is -2.35. The van der Waals surface area contributed by atoms with Gasteiger partial charge in [-0.25, -0.2) is 4.68 Å². The smallest absolute Gasteiger partial charge is 0.272 e. The minimum absolute atomic E-state index is 0.231. The largest absolute Gasteiger partial charge is 0.350 e. The van der Waals surface area contributed by atoms with Gasteiger partial charge in [-0.2, -0.15) is 10.2 Å². The Kier molecular flexibility index (Phi) is 4.83. The molecule has 0 saturated carbocycles. The maximum Gasteiger partial charge on any atom is 0.272 e. The van der Waals surface area contributed by atoms with Crippen molar-refractivity contribution in [3.05, 3.63) is 78.2 Å². The monoisotopic (exact) mass is 374 g/mol. The van der Waals surface area contributed by atoms with E-state index >= 15 is 0 Å². The van der Waals surface area contributed by atoms with E-state index in [0.29, 0.717) is 23.5 Å². The van der Waals surface area contributed by atoms with Gasteiger partial charge in [0.25, 0.3) is 11.8 Å². The van der Waals surface area contributed by atoms with Gasteiger partial charge >= 0.3 is 0 Å². The lowest BCUT2D eigenvalue weighted by atomic mass is 10.1. The molecule has 2 heterocycles. The van der Waals surface area contributed by atoms with Crippen molar-refractivity contribution < 1.29 is 9.59 Å². The van der Waals surface area contributed by atoms with Crippen LogP contribution in [0.5, 0.6) is 0 Å². The summed E-state index contributed by atoms with van der Waals surface area (Å²) in [6, 6.07) is 16.4. The summed E-state index contributed by atoms with van der Waals surface area (Å²) in [6.07, 6.45) is 3.43. The number of benzene rings is 2. The van der Waals surface area contributed by atoms with Crippen LogP contribution in [-0.2, 0) is 0 Å². The zero-order chi connectivity index (χ0) is 19.3. The molecule has 3 N–H and O–H groups in total. The molecule has 28 heavy (non-hydrogen) atoms. The number of para-hydroxylation sites is 2. The molecule has 0 fully saturated rings. The van der Waals surface area contributed by atoms with Crippen LogP contribution in [-0.4, -0.2) is 44.9 Å². The van der Waals surface area contributed by atoms with Crippen molar-refractivity contribution in [1.82, 2.24) is 30.6 Å². The highest BCUT2D eigenvalue weighted by molar-refractivity contribution is 6.04. The van der Waals surface area contributed by atoms with Gasteiger partial charge in [-0.15, -0.1) is 0 Å². The number of carbonyl (C=O) groups is 2. The summed E-state index contributed by atoms with van der Waals surface area (Å²) in [5.41, 5.74) is 2.34. The van der Waals surface area contributed by atoms with E-state index in [1.54, 1.807) is 35.3 Å². The molecule has 0 atom stereocenters. The number of carbonyl (C=O) groups excluding carboxylic acids is 2. The molecule has 2 aromatic carbocycles. The van der Waals surface area contributed by atoms with Crippen molar-refractivity contribution in [2.75, 3.05) is 13.1 Å². The third kappa shape index (κ3) is 3.48. The standard InChI is InChI=1S/C20H18N6O2/c27-19(15-7-2-4-9-17(15)26-13-5-10-23-26)21-11-12-22-20(28)18-14-6-1-3-8-16(14)24-25-18/h1-10,13H,11-12H2,(H,21,27)(H,22,28)(H,24,25). The Bertz CT molecular complexity index is 1120. The molecule has 140 valence electrons. The number of rotatable bonds is 6. The third-order valence-corrected chi connectivity index (χ3v) is 4.28. The van der Waals surface area contributed by atoms with Crippen LogP contribution in [0.2, 0.25) is 0 Å². The first-order valence-corrected chi connectivity index (χ1v) is 8.82. The van der Waals surface area contributed by atoms with Crippen molar-refractivity contribution >= 4 is 22.7 Å². The van der Waals surface area contributed by atoms with E-state index < -0.39 is 0 Å². The normalized spacial score (nSPS) is 10.7. The van der Waals surface area contributed by atoms with E-state index in [9.17, 15) is 9.59 Å². The van der Waals surface area contributed by atoms with Crippen LogP contribution in [0.4, 0.5) is 0 Å². The molecule has 2 amide bonds. The first-order chi connectivity index (χ1) is 13.7. The van der Waals surface area contributed by atoms with Gasteiger partial charge in [0.1, 0.15) is 0 Å². The van der Waals surface area contributed by atoms with Crippen LogP contribution in [0.15, 0.2) is 67.0 Å². The fraction of sp³-hybridized carbons (Fsp3) is 0.100. The van der Waals surface area contributed by atoms with E-state index in [0.717, 1.165) is 10.9 Å². The summed E-state index contributed by atoms with van der Waals surface area (Å²) >= 11 is 0. The topological polar surface area (TPSA) is 105 Å². The van der Waals surface area contributed by atoms with Gasteiger partial charge in [-0.3, -0.25) is 14.7 Å². The molecule has 0 aliphatic heterocycles. The minimum Gasteiger partial charge on any atom is -0.350 e. The first-order valence-electron chi connectivity index (χ1n) is 8.82. The summed E-state index contributed by atoms with van der Waals surface area (Å²) in [6.45, 7) is 0.579. The van der Waals surface area contributed by atoms with Gasteiger partial charge in [0, 0.05) is 30.9 Å². The Balaban J connectivity index is 1.35. The van der Waals surface area contributed by atoms with Crippen LogP contribution < -0.4 is 10.6 Å². The molecule has 4 rings (SSSR count). The summed E-state index contributed by atoms with van der Waals surface area (Å²) < 4.78 is 1.64. The fourth-order valence-electron chi connectivity index (χ4n) is 2.94. The molecule has 0 bridgehead atoms. The molecule has 8 nitrogen and oxygen atoms in total. The van der Waals surface area contributed by atoms with Crippen LogP contribution >= 0.6 is 0 Å². The lowest BCUT2D eigenvalue weighted by Gasteiger charge is -2.10. The number of H-pyrrole nitrogens is 1. The van der Waals surface area contributed by atoms with Crippen molar-refractivity contribution in [2.45, 2.75) is 0 Å². The van der Waals surface area contributed by atoms with Crippen molar-refractivity contribution in [2.24, 2.45) is 0 Å². The summed E-state index contributed by atoms with van der Waals surface area (Å²) in [7, 11) is 0. The molecule has 0 saturated heterocycles. The second-order valence-corrected chi connectivity index (χ2v) is 6.10. The lowest BCUT2D eigenvalue weighted by molar-refractivity contribution is 0.0926. The molecule has 0 spiro atoms. The maximum absolute atomic E-state index is 12.5. The van der Waals surface area contributed by atoms with E-state index in [1.165, 1.54) is 0 Å². The molecule has 8 heteroatoms. The van der Waals surface area contributed by atoms with Crippen molar-refractivity contribution in [3.63, 3.8) is 0 Å². The predicted octanol–water partition coefficient (Wildman–Crippen LogP) is 1.91. The minimum atomic E-state index is -0.288. The Morgan fingerprint density at radius 2 is 1.68 bits per heavy atom. The zero-order valence-corrected chi connectivity index (χ0v) is 14.9. The first kappa shape index (κ1) is 17.5. The molecule has 0 radical (unpaired) electrons. The van der Waals surface area contributed by atoms with Gasteiger partial charge in [0.05, 0.1) is 16.8 Å². The molecule has 0 aliphatic carbocycles. The molecular weight excluding hydrogens is 356 g/mol. The Hall–Kier alpha value is -3.94. The van der Waals surface area contributed by atoms with Crippen LogP contribution in [0.1, 0.15) is 20.8 Å². The van der Waals surface area contributed by atoms with Crippen LogP contribution in [0.3, 0.4) is 0 Å². The number of hydrogen-bond donors (Lipinski definition) is 3. The van der Waals surface area contributed by atoms with Gasteiger partial charge in [0.2, 0.25) is 0 Å². The molecular formula is C20H18N6O2. The number of amides is 2. The Morgan fingerprint density at radius 1 is 0.929 bits per heavy atom. The van der Waals surface area contributed by atoms with Gasteiger partial charge < -0.3 is 10.6 Å². The van der Waals surface area contributed by atoms with Crippen LogP contribution in [0.25, 0.3) is 16.6 Å². The van der Waals surface area contributed by atoms with E-state index in [4.69, 9.17) is 0 Å². The predicted molar refractivity (Wildman–Crippen MR) is 104 cm³/mol. The number of nitrogens with zero attached hydrogens (tertiary/aromatic N) is 3. The molecule has 0 aliphatic rings.